The Labute approximate surface area is 128 Å². The maximum Gasteiger partial charge on any atom is 0.258 e. The number of pyridine rings is 2. The van der Waals surface area contributed by atoms with Crippen molar-refractivity contribution in [1.29, 1.82) is 0 Å². The first-order chi connectivity index (χ1) is 9.19. The molecule has 2 aromatic heterocycles. The summed E-state index contributed by atoms with van der Waals surface area (Å²) in [6.45, 7) is 0. The SMILES string of the molecule is FC1(F)c2cnc[c-]c2-c2nccc3cccc1c23.[Pt]. The molecule has 0 N–H and O–H groups in total. The minimum absolute atomic E-state index is 0. The maximum atomic E-state index is 14.6. The second-order valence-corrected chi connectivity index (χ2v) is 4.48. The molecule has 0 atom stereocenters. The Morgan fingerprint density at radius 3 is 2.80 bits per heavy atom. The van der Waals surface area contributed by atoms with Crippen LogP contribution >= 0.6 is 0 Å². The molecule has 1 aliphatic rings. The van der Waals surface area contributed by atoms with E-state index in [-0.39, 0.29) is 32.2 Å². The van der Waals surface area contributed by atoms with Crippen molar-refractivity contribution in [2.24, 2.45) is 0 Å². The zero-order valence-electron chi connectivity index (χ0n) is 10.0. The predicted octanol–water partition coefficient (Wildman–Crippen LogP) is 3.55. The molecule has 0 unspecified atom stereocenters. The van der Waals surface area contributed by atoms with Crippen molar-refractivity contribution in [3.63, 3.8) is 0 Å². The van der Waals surface area contributed by atoms with Crippen LogP contribution in [-0.2, 0) is 27.0 Å². The van der Waals surface area contributed by atoms with Crippen molar-refractivity contribution >= 4 is 10.8 Å². The van der Waals surface area contributed by atoms with Gasteiger partial charge in [-0.05, 0) is 34.9 Å². The number of hydrogen-bond donors (Lipinski definition) is 0. The number of aromatic nitrogens is 2. The van der Waals surface area contributed by atoms with Crippen LogP contribution in [0.3, 0.4) is 0 Å². The maximum absolute atomic E-state index is 14.6. The third-order valence-electron chi connectivity index (χ3n) is 3.46. The first kappa shape index (κ1) is 13.3. The molecule has 3 aromatic rings. The molecule has 0 fully saturated rings. The molecule has 2 heterocycles. The van der Waals surface area contributed by atoms with E-state index in [4.69, 9.17) is 0 Å². The number of hydrogen-bond acceptors (Lipinski definition) is 2. The van der Waals surface area contributed by atoms with Crippen molar-refractivity contribution in [2.45, 2.75) is 5.92 Å². The van der Waals surface area contributed by atoms with E-state index in [0.717, 1.165) is 5.39 Å². The Bertz CT molecular complexity index is 813. The fourth-order valence-corrected chi connectivity index (χ4v) is 2.62. The molecule has 0 spiro atoms. The molecule has 1 aromatic carbocycles. The van der Waals surface area contributed by atoms with Gasteiger partial charge in [0.15, 0.2) is 0 Å². The van der Waals surface area contributed by atoms with E-state index in [2.05, 4.69) is 16.0 Å². The van der Waals surface area contributed by atoms with Crippen LogP contribution < -0.4 is 0 Å². The predicted molar refractivity (Wildman–Crippen MR) is 66.8 cm³/mol. The summed E-state index contributed by atoms with van der Waals surface area (Å²) >= 11 is 0. The molecule has 0 bridgehead atoms. The van der Waals surface area contributed by atoms with Crippen molar-refractivity contribution < 1.29 is 29.8 Å². The van der Waals surface area contributed by atoms with E-state index in [1.165, 1.54) is 18.5 Å². The van der Waals surface area contributed by atoms with Crippen LogP contribution in [0.25, 0.3) is 22.0 Å². The molecule has 0 amide bonds. The topological polar surface area (TPSA) is 25.8 Å². The second kappa shape index (κ2) is 4.42. The molecule has 0 saturated carbocycles. The van der Waals surface area contributed by atoms with Gasteiger partial charge in [-0.15, -0.1) is 0 Å². The molecule has 0 aliphatic heterocycles. The van der Waals surface area contributed by atoms with Crippen LogP contribution in [0.5, 0.6) is 0 Å². The molecular weight excluding hydrogens is 441 g/mol. The monoisotopic (exact) mass is 448 g/mol. The Balaban J connectivity index is 0.00000121. The molecule has 2 nitrogen and oxygen atoms in total. The zero-order valence-corrected chi connectivity index (χ0v) is 12.3. The van der Waals surface area contributed by atoms with E-state index < -0.39 is 5.92 Å². The smallest absolute Gasteiger partial charge is 0.258 e. The van der Waals surface area contributed by atoms with Gasteiger partial charge in [0.05, 0.1) is 0 Å². The third kappa shape index (κ3) is 1.58. The summed E-state index contributed by atoms with van der Waals surface area (Å²) in [4.78, 5) is 8.02. The number of rotatable bonds is 0. The van der Waals surface area contributed by atoms with E-state index in [9.17, 15) is 8.78 Å². The average Bonchev–Trinajstić information content (AvgIpc) is 2.45. The van der Waals surface area contributed by atoms with Crippen molar-refractivity contribution in [2.75, 3.05) is 0 Å². The van der Waals surface area contributed by atoms with E-state index in [1.54, 1.807) is 18.3 Å². The van der Waals surface area contributed by atoms with Gasteiger partial charge in [0.2, 0.25) is 0 Å². The number of halogens is 2. The fraction of sp³-hybridized carbons (Fsp3) is 0.0667. The molecule has 20 heavy (non-hydrogen) atoms. The molecule has 5 heteroatoms. The van der Waals surface area contributed by atoms with Crippen molar-refractivity contribution in [3.05, 3.63) is 60.0 Å². The number of fused-ring (bicyclic) bond motifs is 2. The Morgan fingerprint density at radius 2 is 1.95 bits per heavy atom. The van der Waals surface area contributed by atoms with Crippen molar-refractivity contribution in [1.82, 2.24) is 9.97 Å². The van der Waals surface area contributed by atoms with E-state index in [1.807, 2.05) is 6.07 Å². The van der Waals surface area contributed by atoms with Gasteiger partial charge in [-0.25, -0.2) is 8.78 Å². The summed E-state index contributed by atoms with van der Waals surface area (Å²) in [6, 6.07) is 9.43. The zero-order chi connectivity index (χ0) is 13.0. The van der Waals surface area contributed by atoms with Crippen LogP contribution in [0, 0.1) is 6.07 Å². The summed E-state index contributed by atoms with van der Waals surface area (Å²) in [6.07, 6.45) is 4.22. The molecule has 4 rings (SSSR count). The summed E-state index contributed by atoms with van der Waals surface area (Å²) in [7, 11) is 0. The van der Waals surface area contributed by atoms with Crippen LogP contribution in [0.2, 0.25) is 0 Å². The fourth-order valence-electron chi connectivity index (χ4n) is 2.62. The van der Waals surface area contributed by atoms with Crippen LogP contribution in [0.4, 0.5) is 8.78 Å². The number of alkyl halides is 2. The Hall–Kier alpha value is -1.67. The van der Waals surface area contributed by atoms with E-state index >= 15 is 0 Å². The third-order valence-corrected chi connectivity index (χ3v) is 3.46. The van der Waals surface area contributed by atoms with Gasteiger partial charge in [-0.3, -0.25) is 4.98 Å². The standard InChI is InChI=1S/C15H7F2N2.Pt/c16-15(17)11-3-1-2-9-4-7-19-14(13(9)11)10-5-6-18-8-12(10)15;/h1-4,6-8H;/q-1;. The Morgan fingerprint density at radius 1 is 1.10 bits per heavy atom. The summed E-state index contributed by atoms with van der Waals surface area (Å²) in [5, 5.41) is 1.27. The second-order valence-electron chi connectivity index (χ2n) is 4.48. The number of benzene rings is 1. The minimum Gasteiger partial charge on any atom is -0.320 e. The van der Waals surface area contributed by atoms with Crippen molar-refractivity contribution in [3.8, 4) is 11.3 Å². The minimum atomic E-state index is -3.06. The molecule has 0 saturated heterocycles. The molecular formula is C15H7F2N2Pt-. The van der Waals surface area contributed by atoms with Gasteiger partial charge >= 0.3 is 0 Å². The van der Waals surface area contributed by atoms with Gasteiger partial charge < -0.3 is 4.98 Å². The van der Waals surface area contributed by atoms with Gasteiger partial charge in [0.25, 0.3) is 5.92 Å². The van der Waals surface area contributed by atoms with Gasteiger partial charge in [-0.1, -0.05) is 23.8 Å². The van der Waals surface area contributed by atoms with Gasteiger partial charge in [-0.2, -0.15) is 11.6 Å². The first-order valence-electron chi connectivity index (χ1n) is 5.82. The van der Waals surface area contributed by atoms with Crippen LogP contribution in [0.1, 0.15) is 11.1 Å². The molecule has 1 aliphatic carbocycles. The summed E-state index contributed by atoms with van der Waals surface area (Å²) < 4.78 is 29.1. The average molecular weight is 448 g/mol. The van der Waals surface area contributed by atoms with Gasteiger partial charge in [0.1, 0.15) is 0 Å². The first-order valence-corrected chi connectivity index (χ1v) is 5.82. The molecule has 0 radical (unpaired) electrons. The van der Waals surface area contributed by atoms with Crippen LogP contribution in [-0.4, -0.2) is 9.97 Å². The summed E-state index contributed by atoms with van der Waals surface area (Å²) in [5.74, 6) is -3.06. The van der Waals surface area contributed by atoms with Crippen LogP contribution in [0.15, 0.2) is 42.9 Å². The Kier molecular flexibility index (Phi) is 2.94. The number of nitrogens with zero attached hydrogens (tertiary/aromatic N) is 2. The van der Waals surface area contributed by atoms with Gasteiger partial charge in [0, 0.05) is 32.8 Å². The summed E-state index contributed by atoms with van der Waals surface area (Å²) in [5.41, 5.74) is 0.747. The van der Waals surface area contributed by atoms with E-state index in [0.29, 0.717) is 16.6 Å². The molecule has 102 valence electrons. The largest absolute Gasteiger partial charge is 0.320 e. The normalized spacial score (nSPS) is 14.5. The quantitative estimate of drug-likeness (QED) is 0.492.